The molecule has 1 fully saturated rings. The van der Waals surface area contributed by atoms with Crippen molar-refractivity contribution in [3.63, 3.8) is 0 Å². The highest BCUT2D eigenvalue weighted by molar-refractivity contribution is 7.19. The van der Waals surface area contributed by atoms with Crippen LogP contribution in [0.2, 0.25) is 0 Å². The average Bonchev–Trinajstić information content (AvgIpc) is 3.37. The van der Waals surface area contributed by atoms with Crippen LogP contribution in [0.1, 0.15) is 29.3 Å². The van der Waals surface area contributed by atoms with E-state index in [9.17, 15) is 0 Å². The van der Waals surface area contributed by atoms with Crippen molar-refractivity contribution in [2.45, 2.75) is 32.7 Å². The molecule has 4 heterocycles. The Labute approximate surface area is 180 Å². The molecule has 1 aromatic carbocycles. The van der Waals surface area contributed by atoms with Gasteiger partial charge in [0.15, 0.2) is 11.5 Å². The Balaban J connectivity index is 1.19. The smallest absolute Gasteiger partial charge is 0.231 e. The summed E-state index contributed by atoms with van der Waals surface area (Å²) in [5.41, 5.74) is 2.84. The fourth-order valence-electron chi connectivity index (χ4n) is 5.05. The summed E-state index contributed by atoms with van der Waals surface area (Å²) in [6.45, 7) is 8.02. The third-order valence-corrected chi connectivity index (χ3v) is 7.90. The van der Waals surface area contributed by atoms with Crippen LogP contribution in [0.15, 0.2) is 24.5 Å². The van der Waals surface area contributed by atoms with Crippen LogP contribution in [0.3, 0.4) is 0 Å². The monoisotopic (exact) mass is 423 g/mol. The van der Waals surface area contributed by atoms with E-state index in [1.807, 2.05) is 17.4 Å². The molecule has 6 rings (SSSR count). The molecule has 0 amide bonds. The van der Waals surface area contributed by atoms with Gasteiger partial charge >= 0.3 is 0 Å². The lowest BCUT2D eigenvalue weighted by Gasteiger charge is -2.33. The number of aryl methyl sites for hydroxylation is 1. The highest BCUT2D eigenvalue weighted by atomic mass is 32.1. The number of nitrogens with zero attached hydrogens (tertiary/aromatic N) is 3. The van der Waals surface area contributed by atoms with Gasteiger partial charge in [-0.25, -0.2) is 9.97 Å². The number of hydrogen-bond acceptors (Lipinski definition) is 6. The number of aromatic nitrogens is 2. The minimum atomic E-state index is 0.336. The van der Waals surface area contributed by atoms with Crippen LogP contribution in [0, 0.1) is 5.92 Å². The molecule has 156 valence electrons. The van der Waals surface area contributed by atoms with Gasteiger partial charge < -0.3 is 19.3 Å². The minimum Gasteiger partial charge on any atom is -0.454 e. The number of thiophene rings is 1. The molecule has 7 heteroatoms. The summed E-state index contributed by atoms with van der Waals surface area (Å²) in [4.78, 5) is 16.2. The standard InChI is InChI=1S/C23H26N4O2S/c1-15-2-4-17-20(10-15)30-23-21(17)22(24-13-25-23)27-8-6-26(7-9-27)12-16-3-5-18-19(11-16)29-14-28-18/h3,5,11,13,15H,2,4,6-10,12,14H2,1H3/p+1/t15-/m0/s1. The van der Waals surface area contributed by atoms with Crippen LogP contribution in [0.5, 0.6) is 11.5 Å². The SMILES string of the molecule is C[C@H]1CCc2c(sc3ncnc(N4CC[NH+](Cc5ccc6c(c5)OCO6)CC4)c23)C1. The van der Waals surface area contributed by atoms with Gasteiger partial charge in [0.25, 0.3) is 0 Å². The fraction of sp³-hybridized carbons (Fsp3) is 0.478. The maximum atomic E-state index is 5.54. The Morgan fingerprint density at radius 2 is 2.03 bits per heavy atom. The second kappa shape index (κ2) is 7.39. The van der Waals surface area contributed by atoms with Gasteiger partial charge in [0.2, 0.25) is 6.79 Å². The summed E-state index contributed by atoms with van der Waals surface area (Å²) in [5.74, 6) is 3.68. The molecule has 30 heavy (non-hydrogen) atoms. The molecule has 1 N–H and O–H groups in total. The third-order valence-electron chi connectivity index (χ3n) is 6.73. The summed E-state index contributed by atoms with van der Waals surface area (Å²) >= 11 is 1.89. The number of piperazine rings is 1. The Bertz CT molecular complexity index is 1090. The number of fused-ring (bicyclic) bond motifs is 4. The van der Waals surface area contributed by atoms with Crippen molar-refractivity contribution < 1.29 is 14.4 Å². The molecule has 0 bridgehead atoms. The molecule has 1 saturated heterocycles. The van der Waals surface area contributed by atoms with Gasteiger partial charge in [-0.2, -0.15) is 0 Å². The molecule has 0 spiro atoms. The topological polar surface area (TPSA) is 51.9 Å². The summed E-state index contributed by atoms with van der Waals surface area (Å²) < 4.78 is 11.0. The molecule has 6 nitrogen and oxygen atoms in total. The van der Waals surface area contributed by atoms with Crippen LogP contribution >= 0.6 is 11.3 Å². The maximum absolute atomic E-state index is 5.54. The second-order valence-corrected chi connectivity index (χ2v) is 9.91. The van der Waals surface area contributed by atoms with E-state index in [4.69, 9.17) is 14.5 Å². The molecular weight excluding hydrogens is 396 g/mol. The van der Waals surface area contributed by atoms with Gasteiger partial charge in [-0.3, -0.25) is 0 Å². The number of nitrogens with one attached hydrogen (secondary N) is 1. The molecular formula is C23H27N4O2S+. The van der Waals surface area contributed by atoms with Gasteiger partial charge in [-0.1, -0.05) is 6.92 Å². The van der Waals surface area contributed by atoms with E-state index in [1.54, 1.807) is 11.2 Å². The zero-order valence-electron chi connectivity index (χ0n) is 17.3. The van der Waals surface area contributed by atoms with E-state index < -0.39 is 0 Å². The highest BCUT2D eigenvalue weighted by Crippen LogP contribution is 2.40. The maximum Gasteiger partial charge on any atom is 0.231 e. The first-order valence-electron chi connectivity index (χ1n) is 11.0. The predicted molar refractivity (Wildman–Crippen MR) is 118 cm³/mol. The number of anilines is 1. The van der Waals surface area contributed by atoms with Crippen LogP contribution in [0.25, 0.3) is 10.2 Å². The van der Waals surface area contributed by atoms with E-state index in [-0.39, 0.29) is 0 Å². The summed E-state index contributed by atoms with van der Waals surface area (Å²) in [7, 11) is 0. The number of ether oxygens (including phenoxy) is 2. The molecule has 2 aromatic heterocycles. The van der Waals surface area contributed by atoms with Gasteiger partial charge in [-0.05, 0) is 48.9 Å². The zero-order chi connectivity index (χ0) is 20.1. The summed E-state index contributed by atoms with van der Waals surface area (Å²) in [6.07, 6.45) is 5.41. The normalized spacial score (nSPS) is 21.2. The Hall–Kier alpha value is -2.38. The molecule has 2 aliphatic heterocycles. The summed E-state index contributed by atoms with van der Waals surface area (Å²) in [6, 6.07) is 6.33. The molecule has 1 aliphatic carbocycles. The van der Waals surface area contributed by atoms with Crippen LogP contribution in [-0.4, -0.2) is 42.9 Å². The first kappa shape index (κ1) is 18.4. The lowest BCUT2D eigenvalue weighted by Crippen LogP contribution is -3.13. The predicted octanol–water partition coefficient (Wildman–Crippen LogP) is 2.45. The minimum absolute atomic E-state index is 0.336. The second-order valence-electron chi connectivity index (χ2n) is 8.83. The van der Waals surface area contributed by atoms with E-state index in [0.717, 1.165) is 56.0 Å². The van der Waals surface area contributed by atoms with Crippen molar-refractivity contribution >= 4 is 27.4 Å². The van der Waals surface area contributed by atoms with Gasteiger partial charge in [0.05, 0.1) is 31.6 Å². The van der Waals surface area contributed by atoms with Crippen molar-refractivity contribution in [1.82, 2.24) is 9.97 Å². The number of quaternary nitrogens is 1. The molecule has 1 atom stereocenters. The van der Waals surface area contributed by atoms with E-state index >= 15 is 0 Å². The quantitative estimate of drug-likeness (QED) is 0.701. The van der Waals surface area contributed by atoms with Crippen molar-refractivity contribution in [3.8, 4) is 11.5 Å². The molecule has 3 aliphatic rings. The largest absolute Gasteiger partial charge is 0.454 e. The van der Waals surface area contributed by atoms with Crippen LogP contribution in [0.4, 0.5) is 5.82 Å². The molecule has 0 radical (unpaired) electrons. The highest BCUT2D eigenvalue weighted by Gasteiger charge is 2.28. The van der Waals surface area contributed by atoms with E-state index in [2.05, 4.69) is 28.9 Å². The molecule has 0 unspecified atom stereocenters. The van der Waals surface area contributed by atoms with Crippen LogP contribution in [-0.2, 0) is 19.4 Å². The van der Waals surface area contributed by atoms with Crippen molar-refractivity contribution in [2.24, 2.45) is 5.92 Å². The average molecular weight is 424 g/mol. The molecule has 3 aromatic rings. The Morgan fingerprint density at radius 3 is 2.93 bits per heavy atom. The Kier molecular flexibility index (Phi) is 4.53. The Morgan fingerprint density at radius 1 is 1.17 bits per heavy atom. The van der Waals surface area contributed by atoms with Gasteiger partial charge in [-0.15, -0.1) is 11.3 Å². The van der Waals surface area contributed by atoms with Gasteiger partial charge in [0, 0.05) is 10.4 Å². The fourth-order valence-corrected chi connectivity index (χ4v) is 6.39. The zero-order valence-corrected chi connectivity index (χ0v) is 18.1. The number of rotatable bonds is 3. The number of hydrogen-bond donors (Lipinski definition) is 1. The van der Waals surface area contributed by atoms with Crippen molar-refractivity contribution in [2.75, 3.05) is 37.9 Å². The lowest BCUT2D eigenvalue weighted by atomic mass is 9.89. The lowest BCUT2D eigenvalue weighted by molar-refractivity contribution is -0.914. The van der Waals surface area contributed by atoms with Crippen LogP contribution < -0.4 is 19.3 Å². The van der Waals surface area contributed by atoms with Crippen molar-refractivity contribution in [1.29, 1.82) is 0 Å². The van der Waals surface area contributed by atoms with Gasteiger partial charge in [0.1, 0.15) is 23.5 Å². The number of benzene rings is 1. The van der Waals surface area contributed by atoms with E-state index in [0.29, 0.717) is 6.79 Å². The first-order valence-corrected chi connectivity index (χ1v) is 11.8. The first-order chi connectivity index (χ1) is 14.7. The third kappa shape index (κ3) is 3.20. The molecule has 0 saturated carbocycles. The van der Waals surface area contributed by atoms with E-state index in [1.165, 1.54) is 45.5 Å². The van der Waals surface area contributed by atoms with Crippen molar-refractivity contribution in [3.05, 3.63) is 40.5 Å². The summed E-state index contributed by atoms with van der Waals surface area (Å²) in [5, 5.41) is 1.34.